The fourth-order valence-electron chi connectivity index (χ4n) is 4.82. The first-order valence-electron chi connectivity index (χ1n) is 9.92. The van der Waals surface area contributed by atoms with E-state index >= 15 is 0 Å². The molecule has 5 rings (SSSR count). The van der Waals surface area contributed by atoms with Gasteiger partial charge in [-0.2, -0.15) is 0 Å². The lowest BCUT2D eigenvalue weighted by atomic mass is 9.80. The molecule has 1 fully saturated rings. The minimum atomic E-state index is -0.0386. The van der Waals surface area contributed by atoms with Gasteiger partial charge in [0.05, 0.1) is 6.61 Å². The summed E-state index contributed by atoms with van der Waals surface area (Å²) in [5.41, 5.74) is 2.75. The first kappa shape index (κ1) is 17.3. The molecular weight excluding hydrogens is 350 g/mol. The Morgan fingerprint density at radius 3 is 2.57 bits per heavy atom. The van der Waals surface area contributed by atoms with Crippen molar-refractivity contribution in [3.63, 3.8) is 0 Å². The number of carbonyl (C=O) groups is 1. The van der Waals surface area contributed by atoms with Gasteiger partial charge in [-0.3, -0.25) is 4.79 Å². The summed E-state index contributed by atoms with van der Waals surface area (Å²) >= 11 is 0. The van der Waals surface area contributed by atoms with Crippen LogP contribution in [-0.2, 0) is 6.61 Å². The van der Waals surface area contributed by atoms with Gasteiger partial charge in [-0.25, -0.2) is 0 Å². The van der Waals surface area contributed by atoms with Crippen LogP contribution in [0.4, 0.5) is 0 Å². The van der Waals surface area contributed by atoms with Crippen LogP contribution < -0.4 is 4.74 Å². The predicted octanol–water partition coefficient (Wildman–Crippen LogP) is 4.11. The van der Waals surface area contributed by atoms with Crippen molar-refractivity contribution in [3.05, 3.63) is 77.4 Å². The Hall–Kier alpha value is -2.85. The molecule has 1 saturated heterocycles. The van der Waals surface area contributed by atoms with Crippen molar-refractivity contribution in [2.75, 3.05) is 13.2 Å². The third-order valence-corrected chi connectivity index (χ3v) is 6.11. The number of fused-ring (bicyclic) bond motifs is 4. The number of benzene rings is 3. The van der Waals surface area contributed by atoms with Crippen molar-refractivity contribution in [3.8, 4) is 5.75 Å². The van der Waals surface area contributed by atoms with E-state index in [1.54, 1.807) is 0 Å². The highest BCUT2D eigenvalue weighted by atomic mass is 16.5. The van der Waals surface area contributed by atoms with Gasteiger partial charge in [0, 0.05) is 29.5 Å². The Morgan fingerprint density at radius 1 is 1.04 bits per heavy atom. The quantitative estimate of drug-likeness (QED) is 0.749. The fourth-order valence-corrected chi connectivity index (χ4v) is 4.82. The van der Waals surface area contributed by atoms with Gasteiger partial charge in [0.15, 0.2) is 0 Å². The molecule has 2 aliphatic rings. The molecule has 0 aromatic heterocycles. The van der Waals surface area contributed by atoms with Crippen LogP contribution in [0.25, 0.3) is 10.8 Å². The van der Waals surface area contributed by atoms with E-state index < -0.39 is 0 Å². The summed E-state index contributed by atoms with van der Waals surface area (Å²) in [5, 5.41) is 12.2. The average Bonchev–Trinajstić information content (AvgIpc) is 3.23. The summed E-state index contributed by atoms with van der Waals surface area (Å²) < 4.78 is 6.17. The SMILES string of the molecule is O=C1c2cc(OCc3ccccc3)c3ccccc3c2C(CO)C2CCCN12. The van der Waals surface area contributed by atoms with Gasteiger partial charge >= 0.3 is 0 Å². The van der Waals surface area contributed by atoms with Crippen molar-refractivity contribution < 1.29 is 14.6 Å². The van der Waals surface area contributed by atoms with Crippen LogP contribution in [0, 0.1) is 0 Å². The molecule has 0 radical (unpaired) electrons. The van der Waals surface area contributed by atoms with Gasteiger partial charge in [0.2, 0.25) is 0 Å². The maximum absolute atomic E-state index is 13.2. The van der Waals surface area contributed by atoms with Gasteiger partial charge in [-0.1, -0.05) is 54.6 Å². The molecule has 3 aromatic rings. The molecule has 2 heterocycles. The van der Waals surface area contributed by atoms with Crippen molar-refractivity contribution in [2.45, 2.75) is 31.4 Å². The summed E-state index contributed by atoms with van der Waals surface area (Å²) in [6, 6.07) is 20.1. The first-order chi connectivity index (χ1) is 13.8. The van der Waals surface area contributed by atoms with Crippen LogP contribution in [-0.4, -0.2) is 35.1 Å². The first-order valence-corrected chi connectivity index (χ1v) is 9.92. The second-order valence-electron chi connectivity index (χ2n) is 7.65. The molecule has 2 unspecified atom stereocenters. The molecule has 4 heteroatoms. The molecule has 2 aliphatic heterocycles. The minimum absolute atomic E-state index is 0.0386. The fraction of sp³-hybridized carbons (Fsp3) is 0.292. The van der Waals surface area contributed by atoms with Crippen LogP contribution in [0.15, 0.2) is 60.7 Å². The summed E-state index contributed by atoms with van der Waals surface area (Å²) in [7, 11) is 0. The number of amides is 1. The van der Waals surface area contributed by atoms with Gasteiger partial charge in [-0.15, -0.1) is 0 Å². The number of aliphatic hydroxyl groups excluding tert-OH is 1. The highest BCUT2D eigenvalue weighted by Crippen LogP contribution is 2.44. The third-order valence-electron chi connectivity index (χ3n) is 6.11. The zero-order valence-electron chi connectivity index (χ0n) is 15.7. The van der Waals surface area contributed by atoms with Gasteiger partial charge < -0.3 is 14.7 Å². The topological polar surface area (TPSA) is 49.8 Å². The molecule has 0 aliphatic carbocycles. The van der Waals surface area contributed by atoms with Crippen molar-refractivity contribution in [1.82, 2.24) is 4.90 Å². The number of hydrogen-bond acceptors (Lipinski definition) is 3. The van der Waals surface area contributed by atoms with E-state index in [2.05, 4.69) is 0 Å². The maximum Gasteiger partial charge on any atom is 0.254 e. The van der Waals surface area contributed by atoms with E-state index in [-0.39, 0.29) is 24.5 Å². The lowest BCUT2D eigenvalue weighted by Gasteiger charge is -2.38. The molecule has 0 spiro atoms. The molecule has 3 aromatic carbocycles. The van der Waals surface area contributed by atoms with E-state index in [1.807, 2.05) is 65.6 Å². The molecule has 142 valence electrons. The predicted molar refractivity (Wildman–Crippen MR) is 109 cm³/mol. The minimum Gasteiger partial charge on any atom is -0.488 e. The summed E-state index contributed by atoms with van der Waals surface area (Å²) in [6.07, 6.45) is 1.95. The third kappa shape index (κ3) is 2.68. The normalized spacial score (nSPS) is 20.9. The Labute approximate surface area is 164 Å². The monoisotopic (exact) mass is 373 g/mol. The number of hydrogen-bond donors (Lipinski definition) is 1. The van der Waals surface area contributed by atoms with E-state index in [1.165, 1.54) is 0 Å². The van der Waals surface area contributed by atoms with E-state index in [9.17, 15) is 9.90 Å². The number of ether oxygens (including phenoxy) is 1. The van der Waals surface area contributed by atoms with Gasteiger partial charge in [0.1, 0.15) is 12.4 Å². The number of nitrogens with zero attached hydrogens (tertiary/aromatic N) is 1. The summed E-state index contributed by atoms with van der Waals surface area (Å²) in [6.45, 7) is 1.27. The van der Waals surface area contributed by atoms with Crippen molar-refractivity contribution >= 4 is 16.7 Å². The molecule has 4 nitrogen and oxygen atoms in total. The number of rotatable bonds is 4. The van der Waals surface area contributed by atoms with Crippen LogP contribution in [0.1, 0.15) is 40.2 Å². The number of carbonyl (C=O) groups excluding carboxylic acids is 1. The standard InChI is InChI=1S/C24H23NO3/c26-14-20-21-11-6-12-25(21)24(27)19-13-22(28-15-16-7-2-1-3-8-16)17-9-4-5-10-18(17)23(19)20/h1-5,7-10,13,20-21,26H,6,11-12,14-15H2. The zero-order chi connectivity index (χ0) is 19.1. The zero-order valence-corrected chi connectivity index (χ0v) is 15.7. The number of aliphatic hydroxyl groups is 1. The molecule has 1 amide bonds. The Balaban J connectivity index is 1.64. The average molecular weight is 373 g/mol. The van der Waals surface area contributed by atoms with Crippen molar-refractivity contribution in [1.29, 1.82) is 0 Å². The van der Waals surface area contributed by atoms with Crippen LogP contribution in [0.3, 0.4) is 0 Å². The van der Waals surface area contributed by atoms with E-state index in [4.69, 9.17) is 4.74 Å². The largest absolute Gasteiger partial charge is 0.488 e. The van der Waals surface area contributed by atoms with Gasteiger partial charge in [0.25, 0.3) is 5.91 Å². The van der Waals surface area contributed by atoms with Crippen LogP contribution in [0.5, 0.6) is 5.75 Å². The molecule has 0 saturated carbocycles. The Bertz CT molecular complexity index is 1030. The molecular formula is C24H23NO3. The maximum atomic E-state index is 13.2. The van der Waals surface area contributed by atoms with E-state index in [0.29, 0.717) is 12.2 Å². The van der Waals surface area contributed by atoms with Crippen molar-refractivity contribution in [2.24, 2.45) is 0 Å². The Morgan fingerprint density at radius 2 is 1.79 bits per heavy atom. The molecule has 2 atom stereocenters. The smallest absolute Gasteiger partial charge is 0.254 e. The lowest BCUT2D eigenvalue weighted by Crippen LogP contribution is -2.45. The molecule has 1 N–H and O–H groups in total. The second-order valence-corrected chi connectivity index (χ2v) is 7.65. The highest BCUT2D eigenvalue weighted by Gasteiger charge is 2.43. The van der Waals surface area contributed by atoms with Crippen LogP contribution >= 0.6 is 0 Å². The summed E-state index contributed by atoms with van der Waals surface area (Å²) in [4.78, 5) is 15.2. The second kappa shape index (κ2) is 6.95. The lowest BCUT2D eigenvalue weighted by molar-refractivity contribution is 0.0654. The molecule has 0 bridgehead atoms. The van der Waals surface area contributed by atoms with Gasteiger partial charge in [-0.05, 0) is 35.4 Å². The summed E-state index contributed by atoms with van der Waals surface area (Å²) in [5.74, 6) is 0.752. The Kier molecular flexibility index (Phi) is 4.29. The van der Waals surface area contributed by atoms with E-state index in [0.717, 1.165) is 47.0 Å². The molecule has 28 heavy (non-hydrogen) atoms. The van der Waals surface area contributed by atoms with Crippen LogP contribution in [0.2, 0.25) is 0 Å². The highest BCUT2D eigenvalue weighted by molar-refractivity contribution is 6.05.